The fourth-order valence-corrected chi connectivity index (χ4v) is 2.87. The van der Waals surface area contributed by atoms with E-state index in [0.717, 1.165) is 31.2 Å². The van der Waals surface area contributed by atoms with Crippen LogP contribution in [0.3, 0.4) is 0 Å². The predicted molar refractivity (Wildman–Crippen MR) is 69.9 cm³/mol. The van der Waals surface area contributed by atoms with E-state index in [9.17, 15) is 0 Å². The van der Waals surface area contributed by atoms with Gasteiger partial charge in [0.05, 0.1) is 6.54 Å². The summed E-state index contributed by atoms with van der Waals surface area (Å²) in [4.78, 5) is 6.69. The Morgan fingerprint density at radius 3 is 2.83 bits per heavy atom. The van der Waals surface area contributed by atoms with Crippen molar-refractivity contribution >= 4 is 0 Å². The zero-order valence-electron chi connectivity index (χ0n) is 11.4. The van der Waals surface area contributed by atoms with Gasteiger partial charge < -0.3 is 10.3 Å². The van der Waals surface area contributed by atoms with Crippen LogP contribution in [0.25, 0.3) is 0 Å². The van der Waals surface area contributed by atoms with Crippen LogP contribution < -0.4 is 5.73 Å². The van der Waals surface area contributed by atoms with Gasteiger partial charge in [0, 0.05) is 12.5 Å². The summed E-state index contributed by atoms with van der Waals surface area (Å²) in [6.07, 6.45) is 5.91. The Bertz CT molecular complexity index is 366. The molecule has 2 unspecified atom stereocenters. The number of hydrogen-bond acceptors (Lipinski definition) is 5. The van der Waals surface area contributed by atoms with Crippen LogP contribution >= 0.6 is 0 Å². The van der Waals surface area contributed by atoms with Gasteiger partial charge in [0.15, 0.2) is 5.82 Å². The average Bonchev–Trinajstić information content (AvgIpc) is 2.86. The summed E-state index contributed by atoms with van der Waals surface area (Å²) < 4.78 is 5.25. The van der Waals surface area contributed by atoms with E-state index in [-0.39, 0.29) is 0 Å². The number of aryl methyl sites for hydroxylation is 1. The van der Waals surface area contributed by atoms with E-state index in [1.807, 2.05) is 6.92 Å². The first kappa shape index (κ1) is 13.5. The Kier molecular flexibility index (Phi) is 4.72. The molecule has 102 valence electrons. The van der Waals surface area contributed by atoms with Gasteiger partial charge in [0.2, 0.25) is 5.89 Å². The third kappa shape index (κ3) is 3.09. The van der Waals surface area contributed by atoms with E-state index in [1.54, 1.807) is 0 Å². The zero-order chi connectivity index (χ0) is 13.0. The molecule has 2 N–H and O–H groups in total. The molecule has 0 spiro atoms. The maximum absolute atomic E-state index is 5.87. The minimum atomic E-state index is 0.556. The number of aromatic nitrogens is 2. The molecule has 1 aromatic heterocycles. The second-order valence-corrected chi connectivity index (χ2v) is 5.22. The Balaban J connectivity index is 1.95. The van der Waals surface area contributed by atoms with E-state index < -0.39 is 0 Å². The van der Waals surface area contributed by atoms with Gasteiger partial charge in [-0.25, -0.2) is 0 Å². The lowest BCUT2D eigenvalue weighted by Gasteiger charge is -2.36. The Morgan fingerprint density at radius 1 is 1.39 bits per heavy atom. The minimum absolute atomic E-state index is 0.556. The zero-order valence-corrected chi connectivity index (χ0v) is 11.4. The molecule has 0 aliphatic heterocycles. The largest absolute Gasteiger partial charge is 0.338 e. The molecule has 1 heterocycles. The summed E-state index contributed by atoms with van der Waals surface area (Å²) in [6.45, 7) is 3.54. The highest BCUT2D eigenvalue weighted by molar-refractivity contribution is 4.88. The van der Waals surface area contributed by atoms with Crippen LogP contribution in [0.5, 0.6) is 0 Å². The number of rotatable bonds is 5. The van der Waals surface area contributed by atoms with Crippen LogP contribution in [0.1, 0.15) is 44.3 Å². The Hall–Kier alpha value is -0.940. The molecule has 1 saturated carbocycles. The molecule has 0 saturated heterocycles. The summed E-state index contributed by atoms with van der Waals surface area (Å²) in [7, 11) is 2.13. The normalized spacial score (nSPS) is 24.7. The molecule has 18 heavy (non-hydrogen) atoms. The number of hydrogen-bond donors (Lipinski definition) is 1. The molecule has 2 atom stereocenters. The number of nitrogens with two attached hydrogens (primary N) is 1. The second-order valence-electron chi connectivity index (χ2n) is 5.22. The predicted octanol–water partition coefficient (Wildman–Crippen LogP) is 1.58. The topological polar surface area (TPSA) is 68.2 Å². The molecule has 1 aliphatic rings. The Morgan fingerprint density at radius 2 is 2.17 bits per heavy atom. The smallest absolute Gasteiger partial charge is 0.240 e. The van der Waals surface area contributed by atoms with E-state index in [2.05, 4.69) is 22.1 Å². The number of nitrogens with zero attached hydrogens (tertiary/aromatic N) is 3. The van der Waals surface area contributed by atoms with Crippen molar-refractivity contribution in [2.24, 2.45) is 11.7 Å². The van der Waals surface area contributed by atoms with Gasteiger partial charge in [-0.1, -0.05) is 24.9 Å². The molecule has 1 aromatic rings. The molecular formula is C13H24N4O. The first-order chi connectivity index (χ1) is 8.74. The van der Waals surface area contributed by atoms with Gasteiger partial charge in [0.25, 0.3) is 0 Å². The quantitative estimate of drug-likeness (QED) is 0.861. The van der Waals surface area contributed by atoms with Crippen molar-refractivity contribution in [1.29, 1.82) is 0 Å². The molecule has 0 amide bonds. The lowest BCUT2D eigenvalue weighted by Crippen LogP contribution is -2.42. The maximum Gasteiger partial charge on any atom is 0.240 e. The first-order valence-electron chi connectivity index (χ1n) is 6.96. The van der Waals surface area contributed by atoms with Crippen LogP contribution in [0.15, 0.2) is 4.52 Å². The van der Waals surface area contributed by atoms with Gasteiger partial charge in [-0.15, -0.1) is 0 Å². The van der Waals surface area contributed by atoms with E-state index in [0.29, 0.717) is 12.0 Å². The third-order valence-electron chi connectivity index (χ3n) is 3.95. The second kappa shape index (κ2) is 6.29. The maximum atomic E-state index is 5.87. The van der Waals surface area contributed by atoms with Crippen LogP contribution in [0, 0.1) is 5.92 Å². The van der Waals surface area contributed by atoms with Crippen molar-refractivity contribution < 1.29 is 4.52 Å². The fraction of sp³-hybridized carbons (Fsp3) is 0.846. The van der Waals surface area contributed by atoms with Crippen molar-refractivity contribution in [1.82, 2.24) is 15.0 Å². The monoisotopic (exact) mass is 252 g/mol. The molecule has 1 aliphatic carbocycles. The summed E-state index contributed by atoms with van der Waals surface area (Å²) in [5.41, 5.74) is 5.87. The molecular weight excluding hydrogens is 228 g/mol. The minimum Gasteiger partial charge on any atom is -0.338 e. The van der Waals surface area contributed by atoms with Crippen molar-refractivity contribution in [2.75, 3.05) is 13.6 Å². The van der Waals surface area contributed by atoms with Gasteiger partial charge >= 0.3 is 0 Å². The molecule has 0 radical (unpaired) electrons. The summed E-state index contributed by atoms with van der Waals surface area (Å²) in [5.74, 6) is 2.12. The molecule has 2 rings (SSSR count). The SMILES string of the molecule is CCc1noc(CN(C)C2CCCCC2CN)n1. The van der Waals surface area contributed by atoms with Gasteiger partial charge in [0.1, 0.15) is 0 Å². The summed E-state index contributed by atoms with van der Waals surface area (Å²) in [6, 6.07) is 0.556. The van der Waals surface area contributed by atoms with Crippen LogP contribution in [0.4, 0.5) is 0 Å². The highest BCUT2D eigenvalue weighted by Crippen LogP contribution is 2.27. The van der Waals surface area contributed by atoms with E-state index in [1.165, 1.54) is 25.7 Å². The molecule has 0 bridgehead atoms. The average molecular weight is 252 g/mol. The van der Waals surface area contributed by atoms with Crippen LogP contribution in [0.2, 0.25) is 0 Å². The molecule has 1 fully saturated rings. The van der Waals surface area contributed by atoms with E-state index >= 15 is 0 Å². The van der Waals surface area contributed by atoms with Crippen LogP contribution in [-0.2, 0) is 13.0 Å². The lowest BCUT2D eigenvalue weighted by molar-refractivity contribution is 0.115. The van der Waals surface area contributed by atoms with Crippen molar-refractivity contribution in [2.45, 2.75) is 51.6 Å². The van der Waals surface area contributed by atoms with Gasteiger partial charge in [-0.05, 0) is 32.4 Å². The summed E-state index contributed by atoms with van der Waals surface area (Å²) >= 11 is 0. The van der Waals surface area contributed by atoms with Gasteiger partial charge in [-0.3, -0.25) is 4.90 Å². The highest BCUT2D eigenvalue weighted by Gasteiger charge is 2.28. The standard InChI is InChI=1S/C13H24N4O/c1-3-12-15-13(18-16-12)9-17(2)11-7-5-4-6-10(11)8-14/h10-11H,3-9,14H2,1-2H3. The van der Waals surface area contributed by atoms with Gasteiger partial charge in [-0.2, -0.15) is 4.98 Å². The molecule has 5 heteroatoms. The molecule has 0 aromatic carbocycles. The fourth-order valence-electron chi connectivity index (χ4n) is 2.87. The summed E-state index contributed by atoms with van der Waals surface area (Å²) in [5, 5.41) is 3.93. The van der Waals surface area contributed by atoms with Crippen molar-refractivity contribution in [3.63, 3.8) is 0 Å². The highest BCUT2D eigenvalue weighted by atomic mass is 16.5. The molecule has 5 nitrogen and oxygen atoms in total. The third-order valence-corrected chi connectivity index (χ3v) is 3.95. The Labute approximate surface area is 109 Å². The first-order valence-corrected chi connectivity index (χ1v) is 6.96. The van der Waals surface area contributed by atoms with Crippen molar-refractivity contribution in [3.05, 3.63) is 11.7 Å². The van der Waals surface area contributed by atoms with E-state index in [4.69, 9.17) is 10.3 Å². The lowest BCUT2D eigenvalue weighted by atomic mass is 9.84. The van der Waals surface area contributed by atoms with Crippen LogP contribution in [-0.4, -0.2) is 34.7 Å². The van der Waals surface area contributed by atoms with Crippen molar-refractivity contribution in [3.8, 4) is 0 Å².